The van der Waals surface area contributed by atoms with E-state index in [0.717, 1.165) is 11.8 Å². The van der Waals surface area contributed by atoms with E-state index < -0.39 is 24.4 Å². The molecular formula is C23H27BN2O5. The maximum absolute atomic E-state index is 12.2. The van der Waals surface area contributed by atoms with Gasteiger partial charge in [-0.15, -0.1) is 0 Å². The van der Waals surface area contributed by atoms with Crippen LogP contribution in [0.2, 0.25) is 0 Å². The molecule has 3 rings (SSSR count). The van der Waals surface area contributed by atoms with Crippen molar-refractivity contribution in [3.8, 4) is 0 Å². The van der Waals surface area contributed by atoms with E-state index in [1.165, 1.54) is 0 Å². The van der Waals surface area contributed by atoms with Crippen molar-refractivity contribution in [3.05, 3.63) is 71.0 Å². The number of hydrogen-bond donors (Lipinski definition) is 1. The van der Waals surface area contributed by atoms with Crippen LogP contribution in [0.15, 0.2) is 54.1 Å². The molecule has 0 unspecified atom stereocenters. The second-order valence-corrected chi connectivity index (χ2v) is 8.35. The fourth-order valence-corrected chi connectivity index (χ4v) is 2.95. The number of nitrogens with one attached hydrogen (secondary N) is 1. The van der Waals surface area contributed by atoms with Gasteiger partial charge < -0.3 is 19.4 Å². The molecule has 1 N–H and O–H groups in total. The van der Waals surface area contributed by atoms with Gasteiger partial charge in [0.2, 0.25) is 0 Å². The van der Waals surface area contributed by atoms with Gasteiger partial charge in [-0.05, 0) is 56.9 Å². The van der Waals surface area contributed by atoms with Crippen molar-refractivity contribution < 1.29 is 23.6 Å². The first-order chi connectivity index (χ1) is 14.7. The van der Waals surface area contributed by atoms with Gasteiger partial charge >= 0.3 is 13.2 Å². The summed E-state index contributed by atoms with van der Waals surface area (Å²) in [5.41, 5.74) is 1.55. The Morgan fingerprint density at radius 3 is 2.45 bits per heavy atom. The van der Waals surface area contributed by atoms with Crippen LogP contribution in [0.4, 0.5) is 4.79 Å². The van der Waals surface area contributed by atoms with E-state index in [9.17, 15) is 9.59 Å². The molecule has 1 aliphatic heterocycles. The molecule has 162 valence electrons. The predicted octanol–water partition coefficient (Wildman–Crippen LogP) is 3.84. The number of alkyl carbamates (subject to hydrolysis) is 1. The number of amides is 1. The van der Waals surface area contributed by atoms with Gasteiger partial charge in [0.1, 0.15) is 12.9 Å². The van der Waals surface area contributed by atoms with E-state index in [1.807, 2.05) is 58.0 Å². The molecular weight excluding hydrogens is 395 g/mol. The second kappa shape index (κ2) is 9.45. The molecule has 1 amide bonds. The van der Waals surface area contributed by atoms with Crippen molar-refractivity contribution in [2.24, 2.45) is 0 Å². The van der Waals surface area contributed by atoms with E-state index in [2.05, 4.69) is 10.3 Å². The van der Waals surface area contributed by atoms with Crippen LogP contribution >= 0.6 is 0 Å². The quantitative estimate of drug-likeness (QED) is 0.539. The lowest BCUT2D eigenvalue weighted by Gasteiger charge is -2.32. The summed E-state index contributed by atoms with van der Waals surface area (Å²) in [6, 6.07) is 12.7. The minimum Gasteiger partial charge on any atom is -0.445 e. The molecule has 2 heterocycles. The zero-order chi connectivity index (χ0) is 22.5. The molecule has 0 radical (unpaired) electrons. The topological polar surface area (TPSA) is 86.8 Å². The highest BCUT2D eigenvalue weighted by Crippen LogP contribution is 2.38. The summed E-state index contributed by atoms with van der Waals surface area (Å²) >= 11 is 0. The Morgan fingerprint density at radius 2 is 1.81 bits per heavy atom. The van der Waals surface area contributed by atoms with Crippen LogP contribution in [-0.2, 0) is 20.7 Å². The molecule has 7 nitrogen and oxygen atoms in total. The maximum atomic E-state index is 12.2. The number of benzene rings is 1. The van der Waals surface area contributed by atoms with E-state index in [1.54, 1.807) is 24.4 Å². The standard InChI is InChI=1S/C23H27BN2O5/c1-22(2)23(3,4)31-24(30-22)19(13-20-12-18(15-27)10-11-25-20)14-26-21(28)29-16-17-8-6-5-7-9-17/h5-13,15H,14,16H2,1-4H3,(H,26,28). The smallest absolute Gasteiger partial charge is 0.445 e. The van der Waals surface area contributed by atoms with Crippen molar-refractivity contribution in [2.45, 2.75) is 45.5 Å². The molecule has 2 aromatic rings. The third-order valence-corrected chi connectivity index (χ3v) is 5.48. The first-order valence-corrected chi connectivity index (χ1v) is 10.1. The van der Waals surface area contributed by atoms with Crippen molar-refractivity contribution in [1.82, 2.24) is 10.3 Å². The zero-order valence-corrected chi connectivity index (χ0v) is 18.3. The molecule has 0 bridgehead atoms. The largest absolute Gasteiger partial charge is 0.492 e. The summed E-state index contributed by atoms with van der Waals surface area (Å²) in [6.45, 7) is 8.13. The Morgan fingerprint density at radius 1 is 1.13 bits per heavy atom. The van der Waals surface area contributed by atoms with Crippen LogP contribution in [0.3, 0.4) is 0 Å². The summed E-state index contributed by atoms with van der Waals surface area (Å²) in [5.74, 6) is 0. The molecule has 31 heavy (non-hydrogen) atoms. The minimum atomic E-state index is -0.680. The maximum Gasteiger partial charge on any atom is 0.492 e. The third-order valence-electron chi connectivity index (χ3n) is 5.48. The number of ether oxygens (including phenoxy) is 1. The van der Waals surface area contributed by atoms with E-state index in [4.69, 9.17) is 14.0 Å². The van der Waals surface area contributed by atoms with E-state index in [0.29, 0.717) is 16.7 Å². The highest BCUT2D eigenvalue weighted by atomic mass is 16.7. The Hall–Kier alpha value is -2.97. The van der Waals surface area contributed by atoms with Crippen LogP contribution < -0.4 is 5.32 Å². The predicted molar refractivity (Wildman–Crippen MR) is 118 cm³/mol. The number of pyridine rings is 1. The summed E-state index contributed by atoms with van der Waals surface area (Å²) in [5, 5.41) is 2.75. The Labute approximate surface area is 182 Å². The fourth-order valence-electron chi connectivity index (χ4n) is 2.95. The lowest BCUT2D eigenvalue weighted by atomic mass is 9.77. The number of nitrogens with zero attached hydrogens (tertiary/aromatic N) is 1. The summed E-state index contributed by atoms with van der Waals surface area (Å²) < 4.78 is 17.6. The number of carbonyl (C=O) groups is 2. The van der Waals surface area contributed by atoms with Gasteiger partial charge in [-0.25, -0.2) is 4.79 Å². The van der Waals surface area contributed by atoms with Crippen molar-refractivity contribution in [1.29, 1.82) is 0 Å². The average molecular weight is 422 g/mol. The van der Waals surface area contributed by atoms with Crippen LogP contribution in [0, 0.1) is 0 Å². The molecule has 0 atom stereocenters. The van der Waals surface area contributed by atoms with Crippen LogP contribution in [0.5, 0.6) is 0 Å². The third kappa shape index (κ3) is 5.80. The number of hydrogen-bond acceptors (Lipinski definition) is 6. The lowest BCUT2D eigenvalue weighted by Crippen LogP contribution is -2.41. The number of rotatable bonds is 7. The molecule has 1 fully saturated rings. The Balaban J connectivity index is 1.73. The van der Waals surface area contributed by atoms with Crippen LogP contribution in [-0.4, -0.2) is 42.2 Å². The van der Waals surface area contributed by atoms with Gasteiger partial charge in [0.05, 0.1) is 16.9 Å². The van der Waals surface area contributed by atoms with Gasteiger partial charge in [-0.3, -0.25) is 9.78 Å². The minimum absolute atomic E-state index is 0.136. The van der Waals surface area contributed by atoms with Gasteiger partial charge in [-0.2, -0.15) is 0 Å². The lowest BCUT2D eigenvalue weighted by molar-refractivity contribution is 0.00578. The van der Waals surface area contributed by atoms with Crippen LogP contribution in [0.1, 0.15) is 49.3 Å². The first kappa shape index (κ1) is 22.7. The summed E-state index contributed by atoms with van der Waals surface area (Å²) in [7, 11) is -0.680. The normalized spacial score (nSPS) is 17.3. The summed E-state index contributed by atoms with van der Waals surface area (Å²) in [6.07, 6.45) is 3.51. The second-order valence-electron chi connectivity index (χ2n) is 8.35. The Kier molecular flexibility index (Phi) is 6.92. The van der Waals surface area contributed by atoms with E-state index >= 15 is 0 Å². The molecule has 0 aliphatic carbocycles. The van der Waals surface area contributed by atoms with Crippen LogP contribution in [0.25, 0.3) is 6.08 Å². The molecule has 0 saturated carbocycles. The first-order valence-electron chi connectivity index (χ1n) is 10.1. The average Bonchev–Trinajstić information content (AvgIpc) is 2.97. The fraction of sp³-hybridized carbons (Fsp3) is 0.348. The monoisotopic (exact) mass is 422 g/mol. The van der Waals surface area contributed by atoms with Crippen molar-refractivity contribution >= 4 is 25.6 Å². The van der Waals surface area contributed by atoms with E-state index in [-0.39, 0.29) is 13.2 Å². The Bertz CT molecular complexity index is 943. The molecule has 1 saturated heterocycles. The SMILES string of the molecule is CC1(C)OB(C(=Cc2cc(C=O)ccn2)CNC(=O)OCc2ccccc2)OC1(C)C. The number of carbonyl (C=O) groups excluding carboxylic acids is 2. The zero-order valence-electron chi connectivity index (χ0n) is 18.3. The number of aldehydes is 1. The molecule has 0 spiro atoms. The highest BCUT2D eigenvalue weighted by Gasteiger charge is 2.52. The molecule has 1 aromatic carbocycles. The highest BCUT2D eigenvalue weighted by molar-refractivity contribution is 6.56. The van der Waals surface area contributed by atoms with Crippen molar-refractivity contribution in [2.75, 3.05) is 6.54 Å². The molecule has 1 aromatic heterocycles. The van der Waals surface area contributed by atoms with Crippen molar-refractivity contribution in [3.63, 3.8) is 0 Å². The molecule has 8 heteroatoms. The van der Waals surface area contributed by atoms with Gasteiger partial charge in [-0.1, -0.05) is 30.3 Å². The molecule has 1 aliphatic rings. The number of aromatic nitrogens is 1. The van der Waals surface area contributed by atoms with Gasteiger partial charge in [0.25, 0.3) is 0 Å². The summed E-state index contributed by atoms with van der Waals surface area (Å²) in [4.78, 5) is 27.6. The van der Waals surface area contributed by atoms with Gasteiger partial charge in [0, 0.05) is 18.3 Å². The van der Waals surface area contributed by atoms with Gasteiger partial charge in [0.15, 0.2) is 0 Å².